The third-order valence-electron chi connectivity index (χ3n) is 4.66. The SMILES string of the molecule is COc1ccccc1[C@@H]1CNC(=O)c2nc(-c3cccc(C)n3)[nH]c2C1. The van der Waals surface area contributed by atoms with Gasteiger partial charge in [0.2, 0.25) is 0 Å². The van der Waals surface area contributed by atoms with Gasteiger partial charge < -0.3 is 15.0 Å². The Bertz CT molecular complexity index is 964. The topological polar surface area (TPSA) is 79.9 Å². The van der Waals surface area contributed by atoms with Crippen LogP contribution in [0.15, 0.2) is 42.5 Å². The van der Waals surface area contributed by atoms with Crippen molar-refractivity contribution in [2.75, 3.05) is 13.7 Å². The average Bonchev–Trinajstić information content (AvgIpc) is 3.02. The summed E-state index contributed by atoms with van der Waals surface area (Å²) in [5.41, 5.74) is 3.99. The second kappa shape index (κ2) is 6.63. The van der Waals surface area contributed by atoms with Crippen molar-refractivity contribution in [2.45, 2.75) is 19.3 Å². The minimum Gasteiger partial charge on any atom is -0.496 e. The lowest BCUT2D eigenvalue weighted by Crippen LogP contribution is -2.26. The van der Waals surface area contributed by atoms with Crippen molar-refractivity contribution in [2.24, 2.45) is 0 Å². The van der Waals surface area contributed by atoms with Crippen molar-refractivity contribution < 1.29 is 9.53 Å². The molecule has 6 nitrogen and oxygen atoms in total. The number of aryl methyl sites for hydroxylation is 1. The Hall–Kier alpha value is -3.15. The Morgan fingerprint density at radius 2 is 1.96 bits per heavy atom. The smallest absolute Gasteiger partial charge is 0.271 e. The Balaban J connectivity index is 1.72. The summed E-state index contributed by atoms with van der Waals surface area (Å²) in [6.07, 6.45) is 0.674. The molecule has 3 heterocycles. The van der Waals surface area contributed by atoms with Crippen molar-refractivity contribution in [1.82, 2.24) is 20.3 Å². The van der Waals surface area contributed by atoms with Crippen molar-refractivity contribution in [3.05, 3.63) is 65.1 Å². The summed E-state index contributed by atoms with van der Waals surface area (Å²) in [4.78, 5) is 24.8. The lowest BCUT2D eigenvalue weighted by atomic mass is 9.93. The summed E-state index contributed by atoms with van der Waals surface area (Å²) in [5, 5.41) is 2.98. The molecule has 0 spiro atoms. The van der Waals surface area contributed by atoms with E-state index < -0.39 is 0 Å². The maximum atomic E-state index is 12.5. The molecule has 1 amide bonds. The molecule has 0 aliphatic carbocycles. The number of pyridine rings is 1. The van der Waals surface area contributed by atoms with Crippen LogP contribution in [0.25, 0.3) is 11.5 Å². The summed E-state index contributed by atoms with van der Waals surface area (Å²) in [5.74, 6) is 1.40. The number of benzene rings is 1. The second-order valence-electron chi connectivity index (χ2n) is 6.43. The van der Waals surface area contributed by atoms with Crippen molar-refractivity contribution in [1.29, 1.82) is 0 Å². The van der Waals surface area contributed by atoms with Crippen molar-refractivity contribution >= 4 is 5.91 Å². The molecule has 6 heteroatoms. The van der Waals surface area contributed by atoms with Crippen LogP contribution in [0.3, 0.4) is 0 Å². The number of para-hydroxylation sites is 1. The summed E-state index contributed by atoms with van der Waals surface area (Å²) >= 11 is 0. The zero-order chi connectivity index (χ0) is 18.1. The Morgan fingerprint density at radius 1 is 1.12 bits per heavy atom. The molecule has 0 radical (unpaired) electrons. The normalized spacial score (nSPS) is 16.5. The van der Waals surface area contributed by atoms with Crippen molar-refractivity contribution in [3.8, 4) is 17.3 Å². The number of hydrogen-bond acceptors (Lipinski definition) is 4. The lowest BCUT2D eigenvalue weighted by molar-refractivity contribution is 0.0950. The van der Waals surface area contributed by atoms with E-state index in [0.717, 1.165) is 28.4 Å². The van der Waals surface area contributed by atoms with E-state index in [4.69, 9.17) is 4.74 Å². The average molecular weight is 348 g/mol. The predicted molar refractivity (Wildman–Crippen MR) is 98.3 cm³/mol. The molecule has 0 unspecified atom stereocenters. The van der Waals surface area contributed by atoms with Crippen LogP contribution < -0.4 is 10.1 Å². The van der Waals surface area contributed by atoms with Crippen molar-refractivity contribution in [3.63, 3.8) is 0 Å². The zero-order valence-corrected chi connectivity index (χ0v) is 14.7. The third kappa shape index (κ3) is 2.94. The van der Waals surface area contributed by atoms with Gasteiger partial charge in [0.15, 0.2) is 5.82 Å². The number of H-pyrrole nitrogens is 1. The van der Waals surface area contributed by atoms with Crippen LogP contribution in [0.2, 0.25) is 0 Å². The number of nitrogens with zero attached hydrogens (tertiary/aromatic N) is 2. The van der Waals surface area contributed by atoms with Gasteiger partial charge in [-0.3, -0.25) is 4.79 Å². The van der Waals surface area contributed by atoms with E-state index in [1.807, 2.05) is 49.4 Å². The lowest BCUT2D eigenvalue weighted by Gasteiger charge is -2.17. The van der Waals surface area contributed by atoms with E-state index in [2.05, 4.69) is 20.3 Å². The van der Waals surface area contributed by atoms with E-state index in [1.54, 1.807) is 7.11 Å². The molecule has 2 aromatic heterocycles. The molecule has 1 atom stereocenters. The predicted octanol–water partition coefficient (Wildman–Crippen LogP) is 2.86. The van der Waals surface area contributed by atoms with E-state index in [1.165, 1.54) is 0 Å². The number of aromatic amines is 1. The summed E-state index contributed by atoms with van der Waals surface area (Å²) in [6, 6.07) is 13.7. The van der Waals surface area contributed by atoms with Gasteiger partial charge in [0.05, 0.1) is 7.11 Å². The number of carbonyl (C=O) groups is 1. The monoisotopic (exact) mass is 348 g/mol. The molecule has 0 saturated carbocycles. The number of hydrogen-bond donors (Lipinski definition) is 2. The largest absolute Gasteiger partial charge is 0.496 e. The number of rotatable bonds is 3. The molecule has 0 fully saturated rings. The van der Waals surface area contributed by atoms with Crippen LogP contribution in [0, 0.1) is 6.92 Å². The molecule has 1 aliphatic heterocycles. The second-order valence-corrected chi connectivity index (χ2v) is 6.43. The van der Waals surface area contributed by atoms with E-state index >= 15 is 0 Å². The minimum absolute atomic E-state index is 0.107. The van der Waals surface area contributed by atoms with Gasteiger partial charge >= 0.3 is 0 Å². The summed E-state index contributed by atoms with van der Waals surface area (Å²) in [7, 11) is 1.66. The van der Waals surface area contributed by atoms with Crippen LogP contribution in [0.1, 0.15) is 33.4 Å². The van der Waals surface area contributed by atoms with Gasteiger partial charge in [-0.25, -0.2) is 9.97 Å². The molecule has 1 aliphatic rings. The first kappa shape index (κ1) is 16.3. The van der Waals surface area contributed by atoms with Crippen LogP contribution in [0.4, 0.5) is 0 Å². The van der Waals surface area contributed by atoms with Crippen LogP contribution >= 0.6 is 0 Å². The highest BCUT2D eigenvalue weighted by atomic mass is 16.5. The maximum Gasteiger partial charge on any atom is 0.271 e. The number of aromatic nitrogens is 3. The molecule has 26 heavy (non-hydrogen) atoms. The van der Waals surface area contributed by atoms with Gasteiger partial charge in [0.1, 0.15) is 17.1 Å². The Kier molecular flexibility index (Phi) is 4.16. The van der Waals surface area contributed by atoms with Crippen LogP contribution in [-0.4, -0.2) is 34.5 Å². The van der Waals surface area contributed by atoms with E-state index in [0.29, 0.717) is 24.5 Å². The highest BCUT2D eigenvalue weighted by Crippen LogP contribution is 2.31. The van der Waals surface area contributed by atoms with Crippen LogP contribution in [-0.2, 0) is 6.42 Å². The molecule has 1 aromatic carbocycles. The first-order valence-electron chi connectivity index (χ1n) is 8.59. The molecule has 2 N–H and O–H groups in total. The molecule has 0 saturated heterocycles. The minimum atomic E-state index is -0.160. The number of fused-ring (bicyclic) bond motifs is 1. The molecule has 4 rings (SSSR count). The quantitative estimate of drug-likeness (QED) is 0.763. The number of methoxy groups -OCH3 is 1. The highest BCUT2D eigenvalue weighted by Gasteiger charge is 2.28. The summed E-state index contributed by atoms with van der Waals surface area (Å²) in [6.45, 7) is 2.48. The molecular weight excluding hydrogens is 328 g/mol. The Morgan fingerprint density at radius 3 is 2.77 bits per heavy atom. The first-order chi connectivity index (χ1) is 12.7. The van der Waals surface area contributed by atoms with Gasteiger partial charge in [0.25, 0.3) is 5.91 Å². The number of nitrogens with one attached hydrogen (secondary N) is 2. The molecular formula is C20H20N4O2. The van der Waals surface area contributed by atoms with E-state index in [9.17, 15) is 4.79 Å². The van der Waals surface area contributed by atoms with Crippen LogP contribution in [0.5, 0.6) is 5.75 Å². The molecule has 132 valence electrons. The van der Waals surface area contributed by atoms with E-state index in [-0.39, 0.29) is 11.8 Å². The van der Waals surface area contributed by atoms with Gasteiger partial charge in [-0.15, -0.1) is 0 Å². The number of carbonyl (C=O) groups excluding carboxylic acids is 1. The standard InChI is InChI=1S/C20H20N4O2/c1-12-6-5-8-15(22-12)19-23-16-10-13(11-21-20(25)18(16)24-19)14-7-3-4-9-17(14)26-2/h3-9,13H,10-11H2,1-2H3,(H,21,25)(H,23,24)/t13-/m0/s1. The number of imidazole rings is 1. The fourth-order valence-electron chi connectivity index (χ4n) is 3.38. The maximum absolute atomic E-state index is 12.5. The molecule has 0 bridgehead atoms. The fourth-order valence-corrected chi connectivity index (χ4v) is 3.38. The van der Waals surface area contributed by atoms with Gasteiger partial charge in [-0.2, -0.15) is 0 Å². The highest BCUT2D eigenvalue weighted by molar-refractivity contribution is 5.94. The number of amides is 1. The van der Waals surface area contributed by atoms with Gasteiger partial charge in [-0.05, 0) is 37.1 Å². The Labute approximate surface area is 151 Å². The fraction of sp³-hybridized carbons (Fsp3) is 0.250. The zero-order valence-electron chi connectivity index (χ0n) is 14.7. The van der Waals surface area contributed by atoms with Gasteiger partial charge in [-0.1, -0.05) is 24.3 Å². The molecule has 3 aromatic rings. The third-order valence-corrected chi connectivity index (χ3v) is 4.66. The first-order valence-corrected chi connectivity index (χ1v) is 8.59. The number of ether oxygens (including phenoxy) is 1. The summed E-state index contributed by atoms with van der Waals surface area (Å²) < 4.78 is 5.49. The van der Waals surface area contributed by atoms with Gasteiger partial charge in [0, 0.05) is 23.9 Å².